The maximum atomic E-state index is 12.7. The average Bonchev–Trinajstić information content (AvgIpc) is 3.13. The molecule has 3 rings (SSSR count). The summed E-state index contributed by atoms with van der Waals surface area (Å²) in [5.41, 5.74) is 4.11. The zero-order valence-corrected chi connectivity index (χ0v) is 14.2. The third-order valence-corrected chi connectivity index (χ3v) is 4.77. The summed E-state index contributed by atoms with van der Waals surface area (Å²) < 4.78 is 9.96. The molecule has 0 aromatic carbocycles. The standard InChI is InChI=1S/C19H25N2O2/c1-14-7-4-5-9-20(14)13-19(22)18-11-15(2)21(16(18)3)12-17-8-6-10-23-17/h4-5,7,9,11,17H,6,8,10,12-13H2,1-3H3/q+1/t17-/m1/s1. The number of aryl methyl sites for hydroxylation is 2. The van der Waals surface area contributed by atoms with Gasteiger partial charge >= 0.3 is 0 Å². The van der Waals surface area contributed by atoms with Gasteiger partial charge in [0, 0.05) is 49.2 Å². The Balaban J connectivity index is 1.79. The fourth-order valence-corrected chi connectivity index (χ4v) is 3.34. The quantitative estimate of drug-likeness (QED) is 0.628. The number of nitrogens with zero attached hydrogens (tertiary/aromatic N) is 2. The Morgan fingerprint density at radius 2 is 2.17 bits per heavy atom. The van der Waals surface area contributed by atoms with Crippen molar-refractivity contribution in [3.05, 3.63) is 53.1 Å². The number of carbonyl (C=O) groups is 1. The highest BCUT2D eigenvalue weighted by Crippen LogP contribution is 2.20. The van der Waals surface area contributed by atoms with E-state index in [-0.39, 0.29) is 11.9 Å². The molecule has 3 heterocycles. The summed E-state index contributed by atoms with van der Waals surface area (Å²) in [4.78, 5) is 12.7. The molecular formula is C19H25N2O2+. The molecule has 4 nitrogen and oxygen atoms in total. The summed E-state index contributed by atoms with van der Waals surface area (Å²) in [6.07, 6.45) is 4.49. The number of carbonyl (C=O) groups excluding carboxylic acids is 1. The van der Waals surface area contributed by atoms with E-state index in [1.54, 1.807) is 0 Å². The molecule has 0 N–H and O–H groups in total. The van der Waals surface area contributed by atoms with E-state index in [1.807, 2.05) is 48.9 Å². The van der Waals surface area contributed by atoms with Crippen molar-refractivity contribution in [2.75, 3.05) is 6.61 Å². The molecule has 0 aliphatic carbocycles. The lowest BCUT2D eigenvalue weighted by molar-refractivity contribution is -0.689. The van der Waals surface area contributed by atoms with E-state index < -0.39 is 0 Å². The van der Waals surface area contributed by atoms with Crippen molar-refractivity contribution in [1.29, 1.82) is 0 Å². The van der Waals surface area contributed by atoms with Crippen molar-refractivity contribution in [3.63, 3.8) is 0 Å². The van der Waals surface area contributed by atoms with E-state index in [9.17, 15) is 4.79 Å². The smallest absolute Gasteiger partial charge is 0.229 e. The number of ether oxygens (including phenoxy) is 1. The second kappa shape index (κ2) is 6.67. The van der Waals surface area contributed by atoms with Crippen LogP contribution in [0.2, 0.25) is 0 Å². The molecule has 1 aliphatic heterocycles. The molecule has 1 aliphatic rings. The third-order valence-electron chi connectivity index (χ3n) is 4.77. The van der Waals surface area contributed by atoms with Crippen LogP contribution in [0.5, 0.6) is 0 Å². The Hall–Kier alpha value is -1.94. The monoisotopic (exact) mass is 313 g/mol. The van der Waals surface area contributed by atoms with Crippen LogP contribution in [0.15, 0.2) is 30.5 Å². The minimum absolute atomic E-state index is 0.163. The molecular weight excluding hydrogens is 288 g/mol. The molecule has 122 valence electrons. The number of hydrogen-bond donors (Lipinski definition) is 0. The van der Waals surface area contributed by atoms with Gasteiger partial charge in [0.05, 0.1) is 6.10 Å². The van der Waals surface area contributed by atoms with Gasteiger partial charge in [-0.2, -0.15) is 4.57 Å². The molecule has 0 amide bonds. The third kappa shape index (κ3) is 3.37. The largest absolute Gasteiger partial charge is 0.376 e. The van der Waals surface area contributed by atoms with Crippen LogP contribution in [0.3, 0.4) is 0 Å². The van der Waals surface area contributed by atoms with Crippen molar-refractivity contribution in [2.24, 2.45) is 0 Å². The number of Topliss-reactive ketones (excluding diaryl/α,β-unsaturated/α-hetero) is 1. The summed E-state index contributed by atoms with van der Waals surface area (Å²) in [5, 5.41) is 0. The number of aromatic nitrogens is 2. The van der Waals surface area contributed by atoms with E-state index in [2.05, 4.69) is 11.5 Å². The molecule has 23 heavy (non-hydrogen) atoms. The van der Waals surface area contributed by atoms with Crippen molar-refractivity contribution in [1.82, 2.24) is 4.57 Å². The van der Waals surface area contributed by atoms with Crippen molar-refractivity contribution >= 4 is 5.78 Å². The molecule has 1 saturated heterocycles. The maximum absolute atomic E-state index is 12.7. The molecule has 0 spiro atoms. The number of ketones is 1. The topological polar surface area (TPSA) is 35.1 Å². The number of pyridine rings is 1. The first-order valence-corrected chi connectivity index (χ1v) is 8.33. The zero-order valence-electron chi connectivity index (χ0n) is 14.2. The fourth-order valence-electron chi connectivity index (χ4n) is 3.34. The van der Waals surface area contributed by atoms with Crippen LogP contribution >= 0.6 is 0 Å². The number of hydrogen-bond acceptors (Lipinski definition) is 2. The molecule has 0 saturated carbocycles. The highest BCUT2D eigenvalue weighted by atomic mass is 16.5. The van der Waals surface area contributed by atoms with Crippen molar-refractivity contribution in [2.45, 2.75) is 52.8 Å². The van der Waals surface area contributed by atoms with E-state index in [0.29, 0.717) is 6.54 Å². The van der Waals surface area contributed by atoms with Crippen LogP contribution in [0.4, 0.5) is 0 Å². The first-order valence-electron chi connectivity index (χ1n) is 8.33. The highest BCUT2D eigenvalue weighted by Gasteiger charge is 2.23. The van der Waals surface area contributed by atoms with Gasteiger partial charge in [-0.3, -0.25) is 4.79 Å². The lowest BCUT2D eigenvalue weighted by atomic mass is 10.1. The van der Waals surface area contributed by atoms with Crippen LogP contribution in [-0.2, 0) is 17.8 Å². The van der Waals surface area contributed by atoms with Gasteiger partial charge in [-0.25, -0.2) is 0 Å². The van der Waals surface area contributed by atoms with E-state index in [0.717, 1.165) is 48.6 Å². The van der Waals surface area contributed by atoms with E-state index in [1.165, 1.54) is 0 Å². The Bertz CT molecular complexity index is 712. The van der Waals surface area contributed by atoms with Gasteiger partial charge in [0.15, 0.2) is 11.9 Å². The minimum Gasteiger partial charge on any atom is -0.376 e. The molecule has 0 bridgehead atoms. The van der Waals surface area contributed by atoms with E-state index >= 15 is 0 Å². The Labute approximate surface area is 137 Å². The molecule has 0 radical (unpaired) electrons. The lowest BCUT2D eigenvalue weighted by Crippen LogP contribution is -2.40. The lowest BCUT2D eigenvalue weighted by Gasteiger charge is -2.14. The normalized spacial score (nSPS) is 17.6. The SMILES string of the molecule is Cc1cc(C(=O)C[n+]2ccccc2C)c(C)n1C[C@H]1CCCO1. The highest BCUT2D eigenvalue weighted by molar-refractivity contribution is 5.96. The second-order valence-electron chi connectivity index (χ2n) is 6.42. The second-order valence-corrected chi connectivity index (χ2v) is 6.42. The summed E-state index contributed by atoms with van der Waals surface area (Å²) in [5.74, 6) is 0.163. The maximum Gasteiger partial charge on any atom is 0.229 e. The van der Waals surface area contributed by atoms with Gasteiger partial charge < -0.3 is 9.30 Å². The predicted octanol–water partition coefficient (Wildman–Crippen LogP) is 2.76. The van der Waals surface area contributed by atoms with Crippen LogP contribution in [0.1, 0.15) is 40.3 Å². The summed E-state index contributed by atoms with van der Waals surface area (Å²) in [7, 11) is 0. The molecule has 1 fully saturated rings. The summed E-state index contributed by atoms with van der Waals surface area (Å²) in [6, 6.07) is 7.99. The van der Waals surface area contributed by atoms with Gasteiger partial charge in [-0.05, 0) is 32.8 Å². The first-order chi connectivity index (χ1) is 11.1. The fraction of sp³-hybridized carbons (Fsp3) is 0.474. The Morgan fingerprint density at radius 3 is 2.87 bits per heavy atom. The van der Waals surface area contributed by atoms with Gasteiger partial charge in [-0.1, -0.05) is 6.07 Å². The van der Waals surface area contributed by atoms with Gasteiger partial charge in [-0.15, -0.1) is 0 Å². The molecule has 0 unspecified atom stereocenters. The molecule has 4 heteroatoms. The summed E-state index contributed by atoms with van der Waals surface area (Å²) in [6.45, 7) is 8.23. The van der Waals surface area contributed by atoms with Crippen LogP contribution in [-0.4, -0.2) is 23.1 Å². The average molecular weight is 313 g/mol. The van der Waals surface area contributed by atoms with Crippen molar-refractivity contribution in [3.8, 4) is 0 Å². The van der Waals surface area contributed by atoms with Gasteiger partial charge in [0.2, 0.25) is 12.3 Å². The zero-order chi connectivity index (χ0) is 16.4. The van der Waals surface area contributed by atoms with Crippen LogP contribution < -0.4 is 4.57 Å². The summed E-state index contributed by atoms with van der Waals surface area (Å²) >= 11 is 0. The predicted molar refractivity (Wildman–Crippen MR) is 88.6 cm³/mol. The first kappa shape index (κ1) is 15.9. The number of rotatable bonds is 5. The molecule has 1 atom stereocenters. The van der Waals surface area contributed by atoms with Crippen molar-refractivity contribution < 1.29 is 14.1 Å². The molecule has 2 aromatic heterocycles. The Morgan fingerprint density at radius 1 is 1.35 bits per heavy atom. The van der Waals surface area contributed by atoms with Gasteiger partial charge in [0.1, 0.15) is 0 Å². The van der Waals surface area contributed by atoms with Gasteiger partial charge in [0.25, 0.3) is 0 Å². The molecule has 2 aromatic rings. The minimum atomic E-state index is 0.163. The van der Waals surface area contributed by atoms with E-state index in [4.69, 9.17) is 4.74 Å². The van der Waals surface area contributed by atoms with Crippen LogP contribution in [0, 0.1) is 20.8 Å². The van der Waals surface area contributed by atoms with Crippen LogP contribution in [0.25, 0.3) is 0 Å². The Kier molecular flexibility index (Phi) is 4.62.